The number of ether oxygens (including phenoxy) is 2. The molecule has 0 spiro atoms. The summed E-state index contributed by atoms with van der Waals surface area (Å²) in [5.74, 6) is -0.228. The van der Waals surface area contributed by atoms with Crippen LogP contribution in [0.5, 0.6) is 11.5 Å². The first-order valence-corrected chi connectivity index (χ1v) is 10.3. The van der Waals surface area contributed by atoms with Gasteiger partial charge in [0.25, 0.3) is 5.91 Å². The normalized spacial score (nSPS) is 22.2. The Bertz CT molecular complexity index is 1150. The van der Waals surface area contributed by atoms with Crippen LogP contribution in [0.15, 0.2) is 78.9 Å². The molecule has 3 aromatic carbocycles. The quantitative estimate of drug-likeness (QED) is 0.575. The third kappa shape index (κ3) is 3.09. The van der Waals surface area contributed by atoms with E-state index >= 15 is 0 Å². The average molecular weight is 430 g/mol. The summed E-state index contributed by atoms with van der Waals surface area (Å²) >= 11 is 0. The van der Waals surface area contributed by atoms with Crippen molar-refractivity contribution in [1.82, 2.24) is 0 Å². The lowest BCUT2D eigenvalue weighted by molar-refractivity contribution is -0.126. The van der Waals surface area contributed by atoms with Crippen molar-refractivity contribution in [2.24, 2.45) is 5.92 Å². The Morgan fingerprint density at radius 1 is 0.781 bits per heavy atom. The largest absolute Gasteiger partial charge is 0.497 e. The van der Waals surface area contributed by atoms with Gasteiger partial charge >= 0.3 is 0 Å². The second-order valence-corrected chi connectivity index (χ2v) is 7.61. The Balaban J connectivity index is 1.64. The molecule has 2 heterocycles. The summed E-state index contributed by atoms with van der Waals surface area (Å²) in [5, 5.41) is 1.64. The molecule has 162 valence electrons. The zero-order chi connectivity index (χ0) is 22.2. The van der Waals surface area contributed by atoms with E-state index in [1.54, 1.807) is 55.7 Å². The van der Waals surface area contributed by atoms with Crippen LogP contribution in [0.3, 0.4) is 0 Å². The molecule has 32 heavy (non-hydrogen) atoms. The molecule has 7 heteroatoms. The highest BCUT2D eigenvalue weighted by Gasteiger charge is 2.60. The summed E-state index contributed by atoms with van der Waals surface area (Å²) < 4.78 is 11.0. The van der Waals surface area contributed by atoms with Gasteiger partial charge in [-0.2, -0.15) is 0 Å². The lowest BCUT2D eigenvalue weighted by atomic mass is 9.89. The first kappa shape index (κ1) is 20.1. The Hall–Kier alpha value is -3.84. The number of nitrogens with zero attached hydrogens (tertiary/aromatic N) is 2. The van der Waals surface area contributed by atoms with Crippen molar-refractivity contribution >= 4 is 23.2 Å². The number of carbonyl (C=O) groups is 2. The maximum atomic E-state index is 13.6. The molecule has 2 amide bonds. The van der Waals surface area contributed by atoms with Crippen LogP contribution in [0.25, 0.3) is 0 Å². The Morgan fingerprint density at radius 3 is 2.06 bits per heavy atom. The number of hydrogen-bond donors (Lipinski definition) is 0. The van der Waals surface area contributed by atoms with Gasteiger partial charge in [0.05, 0.1) is 25.6 Å². The smallest absolute Gasteiger partial charge is 0.266 e. The monoisotopic (exact) mass is 430 g/mol. The number of methoxy groups -OCH3 is 2. The van der Waals surface area contributed by atoms with Crippen LogP contribution in [0.4, 0.5) is 11.4 Å². The van der Waals surface area contributed by atoms with Crippen molar-refractivity contribution in [3.8, 4) is 11.5 Å². The van der Waals surface area contributed by atoms with Gasteiger partial charge in [-0.05, 0) is 42.5 Å². The number of hydroxylamine groups is 1. The van der Waals surface area contributed by atoms with Gasteiger partial charge in [0.15, 0.2) is 6.10 Å². The van der Waals surface area contributed by atoms with Gasteiger partial charge in [-0.3, -0.25) is 14.4 Å². The van der Waals surface area contributed by atoms with E-state index in [4.69, 9.17) is 14.3 Å². The molecule has 2 fully saturated rings. The standard InChI is InChI=1S/C25H22N2O5/c1-30-18-13-14-20(31-2)19(15-18)22-21-23(32-27(22)17-11-7-4-8-12-17)25(29)26(24(21)28)16-9-5-3-6-10-16/h3-15,21-23H,1-2H3. The average Bonchev–Trinajstić information content (AvgIpc) is 3.35. The maximum Gasteiger partial charge on any atom is 0.266 e. The third-order valence-corrected chi connectivity index (χ3v) is 5.90. The molecule has 2 aliphatic rings. The molecule has 0 bridgehead atoms. The topological polar surface area (TPSA) is 68.3 Å². The minimum atomic E-state index is -0.941. The number of carbonyl (C=O) groups excluding carboxylic acids is 2. The first-order chi connectivity index (χ1) is 15.6. The highest BCUT2D eigenvalue weighted by molar-refractivity contribution is 6.23. The van der Waals surface area contributed by atoms with Crippen molar-refractivity contribution < 1.29 is 23.9 Å². The number of benzene rings is 3. The number of imide groups is 1. The van der Waals surface area contributed by atoms with Crippen LogP contribution in [0.1, 0.15) is 11.6 Å². The van der Waals surface area contributed by atoms with Crippen LogP contribution in [0.2, 0.25) is 0 Å². The number of rotatable bonds is 5. The summed E-state index contributed by atoms with van der Waals surface area (Å²) in [5.41, 5.74) is 1.98. The summed E-state index contributed by atoms with van der Waals surface area (Å²) in [6.07, 6.45) is -0.941. The zero-order valence-corrected chi connectivity index (χ0v) is 17.7. The Kier molecular flexibility index (Phi) is 5.03. The number of amides is 2. The summed E-state index contributed by atoms with van der Waals surface area (Å²) in [6.45, 7) is 0. The summed E-state index contributed by atoms with van der Waals surface area (Å²) in [4.78, 5) is 34.4. The molecule has 5 rings (SSSR count). The lowest BCUT2D eigenvalue weighted by Crippen LogP contribution is -2.37. The van der Waals surface area contributed by atoms with Crippen molar-refractivity contribution in [2.75, 3.05) is 24.2 Å². The minimum absolute atomic E-state index is 0.306. The molecular formula is C25H22N2O5. The number of fused-ring (bicyclic) bond motifs is 1. The van der Waals surface area contributed by atoms with E-state index in [-0.39, 0.29) is 11.8 Å². The fourth-order valence-electron chi connectivity index (χ4n) is 4.43. The molecule has 2 saturated heterocycles. The molecule has 0 radical (unpaired) electrons. The first-order valence-electron chi connectivity index (χ1n) is 10.3. The van der Waals surface area contributed by atoms with Gasteiger partial charge in [-0.1, -0.05) is 36.4 Å². The van der Waals surface area contributed by atoms with E-state index in [0.717, 1.165) is 5.69 Å². The minimum Gasteiger partial charge on any atom is -0.497 e. The third-order valence-electron chi connectivity index (χ3n) is 5.90. The van der Waals surface area contributed by atoms with Crippen LogP contribution in [-0.4, -0.2) is 32.1 Å². The van der Waals surface area contributed by atoms with Crippen molar-refractivity contribution in [2.45, 2.75) is 12.1 Å². The van der Waals surface area contributed by atoms with Gasteiger partial charge in [0, 0.05) is 5.56 Å². The SMILES string of the molecule is COc1ccc(OC)c(C2C3C(=O)N(c4ccccc4)C(=O)C3ON2c2ccccc2)c1. The van der Waals surface area contributed by atoms with Crippen molar-refractivity contribution in [3.63, 3.8) is 0 Å². The molecule has 3 atom stereocenters. The van der Waals surface area contributed by atoms with Crippen LogP contribution < -0.4 is 19.4 Å². The van der Waals surface area contributed by atoms with Crippen LogP contribution in [-0.2, 0) is 14.4 Å². The highest BCUT2D eigenvalue weighted by Crippen LogP contribution is 2.50. The van der Waals surface area contributed by atoms with Crippen LogP contribution >= 0.6 is 0 Å². The predicted octanol–water partition coefficient (Wildman–Crippen LogP) is 3.75. The number of anilines is 2. The zero-order valence-electron chi connectivity index (χ0n) is 17.7. The molecule has 3 unspecified atom stereocenters. The molecule has 0 N–H and O–H groups in total. The van der Waals surface area contributed by atoms with Crippen molar-refractivity contribution in [1.29, 1.82) is 0 Å². The maximum absolute atomic E-state index is 13.6. The van der Waals surface area contributed by atoms with E-state index in [1.807, 2.05) is 42.5 Å². The molecule has 0 aliphatic carbocycles. The van der Waals surface area contributed by atoms with Gasteiger partial charge < -0.3 is 9.47 Å². The van der Waals surface area contributed by atoms with E-state index in [2.05, 4.69) is 0 Å². The van der Waals surface area contributed by atoms with E-state index in [9.17, 15) is 9.59 Å². The summed E-state index contributed by atoms with van der Waals surface area (Å²) in [7, 11) is 3.15. The molecular weight excluding hydrogens is 408 g/mol. The van der Waals surface area contributed by atoms with E-state index < -0.39 is 18.1 Å². The molecule has 0 saturated carbocycles. The fourth-order valence-corrected chi connectivity index (χ4v) is 4.43. The van der Waals surface area contributed by atoms with E-state index in [0.29, 0.717) is 22.7 Å². The molecule has 0 aromatic heterocycles. The number of hydrogen-bond acceptors (Lipinski definition) is 6. The Morgan fingerprint density at radius 2 is 1.44 bits per heavy atom. The number of para-hydroxylation sites is 2. The fraction of sp³-hybridized carbons (Fsp3) is 0.200. The second kappa shape index (κ2) is 8.01. The molecule has 2 aliphatic heterocycles. The van der Waals surface area contributed by atoms with Gasteiger partial charge in [0.1, 0.15) is 23.5 Å². The second-order valence-electron chi connectivity index (χ2n) is 7.61. The molecule has 3 aromatic rings. The van der Waals surface area contributed by atoms with Gasteiger partial charge in [-0.15, -0.1) is 0 Å². The Labute approximate surface area is 185 Å². The van der Waals surface area contributed by atoms with E-state index in [1.165, 1.54) is 4.90 Å². The van der Waals surface area contributed by atoms with Gasteiger partial charge in [-0.25, -0.2) is 9.96 Å². The predicted molar refractivity (Wildman–Crippen MR) is 119 cm³/mol. The van der Waals surface area contributed by atoms with Crippen molar-refractivity contribution in [3.05, 3.63) is 84.4 Å². The summed E-state index contributed by atoms with van der Waals surface area (Å²) in [6, 6.07) is 23.2. The van der Waals surface area contributed by atoms with Crippen LogP contribution in [0, 0.1) is 5.92 Å². The van der Waals surface area contributed by atoms with Gasteiger partial charge in [0.2, 0.25) is 5.91 Å². The highest BCUT2D eigenvalue weighted by atomic mass is 16.7. The lowest BCUT2D eigenvalue weighted by Gasteiger charge is -2.29. The molecule has 7 nitrogen and oxygen atoms in total.